The lowest BCUT2D eigenvalue weighted by atomic mass is 10.1. The van der Waals surface area contributed by atoms with Crippen molar-refractivity contribution in [3.05, 3.63) is 10.4 Å². The van der Waals surface area contributed by atoms with Gasteiger partial charge in [0, 0.05) is 5.92 Å². The lowest BCUT2D eigenvalue weighted by Gasteiger charge is -1.97. The second-order valence-corrected chi connectivity index (χ2v) is 3.16. The maximum absolute atomic E-state index is 5.60. The van der Waals surface area contributed by atoms with Crippen LogP contribution in [-0.2, 0) is 0 Å². The molecule has 0 unspecified atom stereocenters. The normalized spacial score (nSPS) is 10.8. The van der Waals surface area contributed by atoms with Gasteiger partial charge in [0.2, 0.25) is 0 Å². The number of aromatic nitrogens is 1. The van der Waals surface area contributed by atoms with Crippen LogP contribution in [0.25, 0.3) is 0 Å². The minimum absolute atomic E-state index is 0.291. The molecule has 0 bridgehead atoms. The molecule has 0 aromatic carbocycles. The number of nitrogens with zero attached hydrogens (tertiary/aromatic N) is 1. The van der Waals surface area contributed by atoms with Crippen molar-refractivity contribution in [1.82, 2.24) is 5.16 Å². The predicted molar refractivity (Wildman–Crippen MR) is 42.7 cm³/mol. The second-order valence-electron chi connectivity index (χ2n) is 2.41. The highest BCUT2D eigenvalue weighted by Gasteiger charge is 2.12. The molecular formula is C6H9BrN2O. The first-order valence-corrected chi connectivity index (χ1v) is 3.82. The summed E-state index contributed by atoms with van der Waals surface area (Å²) >= 11 is 3.15. The number of anilines is 1. The number of hydrogen-bond acceptors (Lipinski definition) is 3. The van der Waals surface area contributed by atoms with Crippen LogP contribution >= 0.6 is 15.9 Å². The highest BCUT2D eigenvalue weighted by molar-refractivity contribution is 9.10. The smallest absolute Gasteiger partial charge is 0.172 e. The Labute approximate surface area is 67.7 Å². The van der Waals surface area contributed by atoms with Crippen LogP contribution in [0.1, 0.15) is 25.5 Å². The van der Waals surface area contributed by atoms with Crippen molar-refractivity contribution in [3.63, 3.8) is 0 Å². The van der Waals surface area contributed by atoms with E-state index in [4.69, 9.17) is 10.3 Å². The summed E-state index contributed by atoms with van der Waals surface area (Å²) in [6.07, 6.45) is 0. The molecule has 4 heteroatoms. The van der Waals surface area contributed by atoms with Crippen molar-refractivity contribution in [2.75, 3.05) is 5.73 Å². The minimum atomic E-state index is 0.291. The fourth-order valence-corrected chi connectivity index (χ4v) is 0.973. The zero-order valence-corrected chi connectivity index (χ0v) is 7.47. The molecule has 0 aliphatic carbocycles. The molecule has 1 heterocycles. The Balaban J connectivity index is 3.05. The average molecular weight is 205 g/mol. The molecule has 2 N–H and O–H groups in total. The van der Waals surface area contributed by atoms with E-state index < -0.39 is 0 Å². The van der Waals surface area contributed by atoms with Crippen molar-refractivity contribution < 1.29 is 4.52 Å². The van der Waals surface area contributed by atoms with Crippen LogP contribution in [-0.4, -0.2) is 5.16 Å². The van der Waals surface area contributed by atoms with Gasteiger partial charge in [-0.25, -0.2) is 0 Å². The third kappa shape index (κ3) is 1.16. The summed E-state index contributed by atoms with van der Waals surface area (Å²) < 4.78 is 5.53. The zero-order chi connectivity index (χ0) is 7.72. The fraction of sp³-hybridized carbons (Fsp3) is 0.500. The van der Waals surface area contributed by atoms with E-state index in [0.717, 1.165) is 5.76 Å². The summed E-state index contributed by atoms with van der Waals surface area (Å²) in [6.45, 7) is 4.01. The van der Waals surface area contributed by atoms with Gasteiger partial charge in [0.05, 0.1) is 0 Å². The van der Waals surface area contributed by atoms with Gasteiger partial charge < -0.3 is 10.3 Å². The summed E-state index contributed by atoms with van der Waals surface area (Å²) in [7, 11) is 0. The summed E-state index contributed by atoms with van der Waals surface area (Å²) in [5, 5.41) is 3.65. The van der Waals surface area contributed by atoms with E-state index in [0.29, 0.717) is 16.2 Å². The highest BCUT2D eigenvalue weighted by Crippen LogP contribution is 2.27. The highest BCUT2D eigenvalue weighted by atomic mass is 79.9. The van der Waals surface area contributed by atoms with E-state index in [1.165, 1.54) is 0 Å². The Bertz CT molecular complexity index is 232. The molecule has 0 atom stereocenters. The first-order valence-electron chi connectivity index (χ1n) is 3.03. The van der Waals surface area contributed by atoms with Gasteiger partial charge in [-0.3, -0.25) is 0 Å². The molecule has 10 heavy (non-hydrogen) atoms. The summed E-state index contributed by atoms with van der Waals surface area (Å²) in [6, 6.07) is 0. The van der Waals surface area contributed by atoms with Crippen LogP contribution in [0.3, 0.4) is 0 Å². The Morgan fingerprint density at radius 1 is 1.60 bits per heavy atom. The molecule has 0 radical (unpaired) electrons. The minimum Gasteiger partial charge on any atom is -0.394 e. The molecule has 0 saturated heterocycles. The Morgan fingerprint density at radius 3 is 2.40 bits per heavy atom. The summed E-state index contributed by atoms with van der Waals surface area (Å²) in [5.41, 5.74) is 6.21. The number of halogens is 1. The van der Waals surface area contributed by atoms with Crippen LogP contribution in [0, 0.1) is 0 Å². The summed E-state index contributed by atoms with van der Waals surface area (Å²) in [4.78, 5) is 0. The molecular weight excluding hydrogens is 196 g/mol. The maximum atomic E-state index is 5.60. The molecule has 3 nitrogen and oxygen atoms in total. The van der Waals surface area contributed by atoms with E-state index in [9.17, 15) is 0 Å². The molecule has 0 saturated carbocycles. The molecule has 0 amide bonds. The SMILES string of the molecule is CC(C)c1onc(Br)c1N. The van der Waals surface area contributed by atoms with Crippen LogP contribution in [0.15, 0.2) is 9.13 Å². The van der Waals surface area contributed by atoms with Gasteiger partial charge >= 0.3 is 0 Å². The Morgan fingerprint density at radius 2 is 2.20 bits per heavy atom. The summed E-state index contributed by atoms with van der Waals surface area (Å²) in [5.74, 6) is 1.03. The van der Waals surface area contributed by atoms with E-state index in [2.05, 4.69) is 21.1 Å². The third-order valence-corrected chi connectivity index (χ3v) is 1.81. The van der Waals surface area contributed by atoms with Crippen molar-refractivity contribution in [1.29, 1.82) is 0 Å². The largest absolute Gasteiger partial charge is 0.394 e. The lowest BCUT2D eigenvalue weighted by Crippen LogP contribution is -1.91. The van der Waals surface area contributed by atoms with Crippen LogP contribution in [0.2, 0.25) is 0 Å². The van der Waals surface area contributed by atoms with Crippen LogP contribution in [0.4, 0.5) is 5.69 Å². The van der Waals surface area contributed by atoms with Gasteiger partial charge in [-0.2, -0.15) is 0 Å². The molecule has 0 fully saturated rings. The first kappa shape index (κ1) is 7.60. The van der Waals surface area contributed by atoms with Crippen LogP contribution in [0.5, 0.6) is 0 Å². The predicted octanol–water partition coefficient (Wildman–Crippen LogP) is 2.14. The van der Waals surface area contributed by atoms with Gasteiger partial charge in [-0.05, 0) is 15.9 Å². The standard InChI is InChI=1S/C6H9BrN2O/c1-3(2)5-4(8)6(7)9-10-5/h3H,8H2,1-2H3. The molecule has 56 valence electrons. The van der Waals surface area contributed by atoms with Crippen molar-refractivity contribution in [3.8, 4) is 0 Å². The molecule has 1 aromatic heterocycles. The topological polar surface area (TPSA) is 52.0 Å². The third-order valence-electron chi connectivity index (χ3n) is 1.24. The van der Waals surface area contributed by atoms with E-state index in [-0.39, 0.29) is 0 Å². The molecule has 0 aliphatic heterocycles. The van der Waals surface area contributed by atoms with E-state index in [1.807, 2.05) is 13.8 Å². The Kier molecular flexibility index (Phi) is 1.99. The van der Waals surface area contributed by atoms with E-state index in [1.54, 1.807) is 0 Å². The average Bonchev–Trinajstić information content (AvgIpc) is 2.14. The van der Waals surface area contributed by atoms with Gasteiger partial charge in [-0.1, -0.05) is 19.0 Å². The fourth-order valence-electron chi connectivity index (χ4n) is 0.706. The second kappa shape index (κ2) is 2.62. The van der Waals surface area contributed by atoms with E-state index >= 15 is 0 Å². The number of rotatable bonds is 1. The molecule has 0 spiro atoms. The zero-order valence-electron chi connectivity index (χ0n) is 5.89. The van der Waals surface area contributed by atoms with Gasteiger partial charge in [0.1, 0.15) is 5.69 Å². The quantitative estimate of drug-likeness (QED) is 0.763. The number of nitrogens with two attached hydrogens (primary N) is 1. The van der Waals surface area contributed by atoms with Crippen LogP contribution < -0.4 is 5.73 Å². The molecule has 1 aromatic rings. The number of nitrogen functional groups attached to an aromatic ring is 1. The lowest BCUT2D eigenvalue weighted by molar-refractivity contribution is 0.369. The molecule has 0 aliphatic rings. The van der Waals surface area contributed by atoms with Crippen molar-refractivity contribution in [2.24, 2.45) is 0 Å². The van der Waals surface area contributed by atoms with Gasteiger partial charge in [-0.15, -0.1) is 0 Å². The van der Waals surface area contributed by atoms with Gasteiger partial charge in [0.25, 0.3) is 0 Å². The van der Waals surface area contributed by atoms with Crippen molar-refractivity contribution in [2.45, 2.75) is 19.8 Å². The monoisotopic (exact) mass is 204 g/mol. The number of hydrogen-bond donors (Lipinski definition) is 1. The maximum Gasteiger partial charge on any atom is 0.172 e. The molecule has 1 rings (SSSR count). The first-order chi connectivity index (χ1) is 4.63. The van der Waals surface area contributed by atoms with Crippen molar-refractivity contribution >= 4 is 21.6 Å². The Hall–Kier alpha value is -0.510. The van der Waals surface area contributed by atoms with Gasteiger partial charge in [0.15, 0.2) is 10.4 Å².